The average Bonchev–Trinajstić information content (AvgIpc) is 3.08. The smallest absolute Gasteiger partial charge is 0.261 e. The van der Waals surface area contributed by atoms with Crippen LogP contribution in [0.4, 0.5) is 0 Å². The molecule has 1 aliphatic rings. The number of aromatic nitrogens is 2. The van der Waals surface area contributed by atoms with E-state index < -0.39 is 0 Å². The van der Waals surface area contributed by atoms with Crippen LogP contribution in [0.15, 0.2) is 6.07 Å². The lowest BCUT2D eigenvalue weighted by Crippen LogP contribution is -2.38. The first-order chi connectivity index (χ1) is 9.60. The SMILES string of the molecule is Cc1nn(C)c2sc(C(=O)NC3CCCC3CO)cc12. The number of hydrogen-bond donors (Lipinski definition) is 2. The predicted molar refractivity (Wildman–Crippen MR) is 79.0 cm³/mol. The third kappa shape index (κ3) is 2.23. The highest BCUT2D eigenvalue weighted by Gasteiger charge is 2.28. The van der Waals surface area contributed by atoms with Crippen molar-refractivity contribution in [2.45, 2.75) is 32.2 Å². The minimum atomic E-state index is -0.0315. The molecule has 2 atom stereocenters. The number of carbonyl (C=O) groups is 1. The molecule has 0 spiro atoms. The molecule has 0 aromatic carbocycles. The Kier molecular flexibility index (Phi) is 3.52. The lowest BCUT2D eigenvalue weighted by atomic mass is 10.1. The second-order valence-corrected chi connectivity index (χ2v) is 6.52. The highest BCUT2D eigenvalue weighted by Crippen LogP contribution is 2.29. The van der Waals surface area contributed by atoms with Gasteiger partial charge in [-0.25, -0.2) is 0 Å². The van der Waals surface area contributed by atoms with Crippen LogP contribution in [0.2, 0.25) is 0 Å². The van der Waals surface area contributed by atoms with Crippen LogP contribution in [0.1, 0.15) is 34.6 Å². The number of amides is 1. The van der Waals surface area contributed by atoms with Crippen molar-refractivity contribution < 1.29 is 9.90 Å². The van der Waals surface area contributed by atoms with Gasteiger partial charge in [0.2, 0.25) is 0 Å². The van der Waals surface area contributed by atoms with Gasteiger partial charge in [-0.2, -0.15) is 5.10 Å². The van der Waals surface area contributed by atoms with Gasteiger partial charge in [0.15, 0.2) is 0 Å². The van der Waals surface area contributed by atoms with E-state index in [-0.39, 0.29) is 24.5 Å². The zero-order valence-corrected chi connectivity index (χ0v) is 12.5. The molecule has 20 heavy (non-hydrogen) atoms. The molecule has 5 nitrogen and oxygen atoms in total. The van der Waals surface area contributed by atoms with E-state index in [0.29, 0.717) is 0 Å². The minimum Gasteiger partial charge on any atom is -0.396 e. The Bertz CT molecular complexity index is 612. The molecule has 3 rings (SSSR count). The van der Waals surface area contributed by atoms with E-state index in [9.17, 15) is 9.90 Å². The van der Waals surface area contributed by atoms with Crippen LogP contribution in [-0.4, -0.2) is 33.4 Å². The quantitative estimate of drug-likeness (QED) is 0.907. The molecular weight excluding hydrogens is 274 g/mol. The molecule has 108 valence electrons. The van der Waals surface area contributed by atoms with Crippen molar-refractivity contribution in [1.82, 2.24) is 15.1 Å². The van der Waals surface area contributed by atoms with Crippen molar-refractivity contribution in [3.05, 3.63) is 16.6 Å². The van der Waals surface area contributed by atoms with Crippen LogP contribution in [-0.2, 0) is 7.05 Å². The summed E-state index contributed by atoms with van der Waals surface area (Å²) < 4.78 is 1.82. The molecule has 2 N–H and O–H groups in total. The molecule has 0 bridgehead atoms. The van der Waals surface area contributed by atoms with Gasteiger partial charge in [-0.15, -0.1) is 11.3 Å². The molecular formula is C14H19N3O2S. The second kappa shape index (κ2) is 5.18. The first-order valence-electron chi connectivity index (χ1n) is 6.95. The van der Waals surface area contributed by atoms with E-state index in [1.54, 1.807) is 0 Å². The third-order valence-corrected chi connectivity index (χ3v) is 5.33. The number of nitrogens with zero attached hydrogens (tertiary/aromatic N) is 2. The van der Waals surface area contributed by atoms with Gasteiger partial charge in [0, 0.05) is 31.0 Å². The Hall–Kier alpha value is -1.40. The van der Waals surface area contributed by atoms with Crippen LogP contribution in [0.5, 0.6) is 0 Å². The fraction of sp³-hybridized carbons (Fsp3) is 0.571. The predicted octanol–water partition coefficient (Wildman–Crippen LogP) is 1.83. The number of fused-ring (bicyclic) bond motifs is 1. The maximum absolute atomic E-state index is 12.3. The van der Waals surface area contributed by atoms with E-state index in [1.807, 2.05) is 24.7 Å². The summed E-state index contributed by atoms with van der Waals surface area (Å²) in [6.45, 7) is 2.11. The molecule has 2 aromatic heterocycles. The first kappa shape index (κ1) is 13.6. The van der Waals surface area contributed by atoms with E-state index in [2.05, 4.69) is 10.4 Å². The zero-order chi connectivity index (χ0) is 14.3. The fourth-order valence-electron chi connectivity index (χ4n) is 3.00. The van der Waals surface area contributed by atoms with Crippen molar-refractivity contribution in [1.29, 1.82) is 0 Å². The number of aliphatic hydroxyl groups is 1. The molecule has 2 heterocycles. The highest BCUT2D eigenvalue weighted by atomic mass is 32.1. The highest BCUT2D eigenvalue weighted by molar-refractivity contribution is 7.20. The molecule has 0 aliphatic heterocycles. The lowest BCUT2D eigenvalue weighted by Gasteiger charge is -2.18. The van der Waals surface area contributed by atoms with E-state index in [4.69, 9.17) is 0 Å². The molecule has 1 aliphatic carbocycles. The first-order valence-corrected chi connectivity index (χ1v) is 7.76. The molecule has 6 heteroatoms. The van der Waals surface area contributed by atoms with Crippen molar-refractivity contribution in [3.8, 4) is 0 Å². The van der Waals surface area contributed by atoms with Crippen molar-refractivity contribution in [2.75, 3.05) is 6.61 Å². The zero-order valence-electron chi connectivity index (χ0n) is 11.7. The van der Waals surface area contributed by atoms with E-state index in [1.165, 1.54) is 11.3 Å². The fourth-order valence-corrected chi connectivity index (χ4v) is 4.03. The number of carbonyl (C=O) groups excluding carboxylic acids is 1. The maximum Gasteiger partial charge on any atom is 0.261 e. The summed E-state index contributed by atoms with van der Waals surface area (Å²) in [6, 6.07) is 2.03. The maximum atomic E-state index is 12.3. The molecule has 1 saturated carbocycles. The third-order valence-electron chi connectivity index (χ3n) is 4.13. The molecule has 0 radical (unpaired) electrons. The number of aliphatic hydroxyl groups excluding tert-OH is 1. The van der Waals surface area contributed by atoms with Crippen LogP contribution in [0.3, 0.4) is 0 Å². The Labute approximate surface area is 121 Å². The molecule has 2 unspecified atom stereocenters. The average molecular weight is 293 g/mol. The van der Waals surface area contributed by atoms with Gasteiger partial charge >= 0.3 is 0 Å². The number of rotatable bonds is 3. The topological polar surface area (TPSA) is 67.2 Å². The van der Waals surface area contributed by atoms with Crippen molar-refractivity contribution in [2.24, 2.45) is 13.0 Å². The van der Waals surface area contributed by atoms with E-state index in [0.717, 1.165) is 40.1 Å². The van der Waals surface area contributed by atoms with Crippen LogP contribution < -0.4 is 5.32 Å². The van der Waals surface area contributed by atoms with Gasteiger partial charge in [-0.1, -0.05) is 6.42 Å². The molecule has 2 aromatic rings. The summed E-state index contributed by atoms with van der Waals surface area (Å²) in [5.41, 5.74) is 0.951. The van der Waals surface area contributed by atoms with Crippen LogP contribution in [0.25, 0.3) is 10.2 Å². The van der Waals surface area contributed by atoms with Gasteiger partial charge in [0.1, 0.15) is 4.83 Å². The van der Waals surface area contributed by atoms with E-state index >= 15 is 0 Å². The largest absolute Gasteiger partial charge is 0.396 e. The second-order valence-electron chi connectivity index (χ2n) is 5.49. The van der Waals surface area contributed by atoms with Gasteiger partial charge in [0.25, 0.3) is 5.91 Å². The molecule has 1 amide bonds. The Morgan fingerprint density at radius 1 is 1.60 bits per heavy atom. The van der Waals surface area contributed by atoms with Crippen LogP contribution >= 0.6 is 11.3 Å². The number of hydrogen-bond acceptors (Lipinski definition) is 4. The van der Waals surface area contributed by atoms with Gasteiger partial charge in [-0.05, 0) is 25.8 Å². The lowest BCUT2D eigenvalue weighted by molar-refractivity contribution is 0.0920. The monoisotopic (exact) mass is 293 g/mol. The normalized spacial score (nSPS) is 22.6. The minimum absolute atomic E-state index is 0.0315. The van der Waals surface area contributed by atoms with Gasteiger partial charge in [-0.3, -0.25) is 9.48 Å². The standard InChI is InChI=1S/C14H19N3O2S/c1-8-10-6-12(20-14(10)17(2)16-8)13(19)15-11-5-3-4-9(11)7-18/h6,9,11,18H,3-5,7H2,1-2H3,(H,15,19). The number of nitrogens with one attached hydrogen (secondary N) is 1. The Balaban J connectivity index is 1.80. The van der Waals surface area contributed by atoms with Crippen LogP contribution in [0, 0.1) is 12.8 Å². The number of aryl methyl sites for hydroxylation is 2. The molecule has 0 saturated heterocycles. The summed E-state index contributed by atoms with van der Waals surface area (Å²) in [4.78, 5) is 14.1. The summed E-state index contributed by atoms with van der Waals surface area (Å²) in [7, 11) is 1.90. The summed E-state index contributed by atoms with van der Waals surface area (Å²) in [5.74, 6) is 0.174. The molecule has 1 fully saturated rings. The van der Waals surface area contributed by atoms with Gasteiger partial charge in [0.05, 0.1) is 10.6 Å². The van der Waals surface area contributed by atoms with Crippen molar-refractivity contribution in [3.63, 3.8) is 0 Å². The Morgan fingerprint density at radius 3 is 3.10 bits per heavy atom. The van der Waals surface area contributed by atoms with Gasteiger partial charge < -0.3 is 10.4 Å². The Morgan fingerprint density at radius 2 is 2.40 bits per heavy atom. The number of thiophene rings is 1. The summed E-state index contributed by atoms with van der Waals surface area (Å²) in [6.07, 6.45) is 3.03. The summed E-state index contributed by atoms with van der Waals surface area (Å²) in [5, 5.41) is 17.8. The van der Waals surface area contributed by atoms with Crippen molar-refractivity contribution >= 4 is 27.5 Å². The summed E-state index contributed by atoms with van der Waals surface area (Å²) >= 11 is 1.47.